The molecule has 0 aromatic heterocycles. The molecule has 0 N–H and O–H groups in total. The van der Waals surface area contributed by atoms with Gasteiger partial charge >= 0.3 is 0 Å². The summed E-state index contributed by atoms with van der Waals surface area (Å²) in [6.45, 7) is 8.19. The Morgan fingerprint density at radius 1 is 1.08 bits per heavy atom. The minimum atomic E-state index is -0.289. The van der Waals surface area contributed by atoms with Gasteiger partial charge in [0.05, 0.1) is 11.9 Å². The van der Waals surface area contributed by atoms with Gasteiger partial charge in [0.2, 0.25) is 0 Å². The minimum absolute atomic E-state index is 0.289. The highest BCUT2D eigenvalue weighted by atomic mass is 32.2. The molecule has 0 amide bonds. The molecule has 0 bridgehead atoms. The Kier molecular flexibility index (Phi) is 7.15. The molecule has 130 valence electrons. The number of methoxy groups -OCH3 is 1. The zero-order valence-corrected chi connectivity index (χ0v) is 16.1. The van der Waals surface area contributed by atoms with E-state index in [2.05, 4.69) is 81.1 Å². The summed E-state index contributed by atoms with van der Waals surface area (Å²) in [7, 11) is 1.70. The van der Waals surface area contributed by atoms with Gasteiger partial charge in [-0.3, -0.25) is 0 Å². The van der Waals surface area contributed by atoms with Gasteiger partial charge in [-0.1, -0.05) is 80.3 Å². The molecule has 0 aliphatic carbocycles. The summed E-state index contributed by atoms with van der Waals surface area (Å²) in [6, 6.07) is 19.1. The number of hydrogen-bond acceptors (Lipinski definition) is 2. The summed E-state index contributed by atoms with van der Waals surface area (Å²) in [5, 5.41) is 0. The predicted molar refractivity (Wildman–Crippen MR) is 111 cm³/mol. The fourth-order valence-electron chi connectivity index (χ4n) is 3.06. The molecule has 1 nitrogen and oxygen atoms in total. The zero-order chi connectivity index (χ0) is 18.1. The molecule has 0 aliphatic heterocycles. The molecular formula is C23H26OS. The SMILES string of the molecule is C=C/C=C(\C=C/C)C(SCC)(c1ccccc1)c1ccc(OC)cc1. The van der Waals surface area contributed by atoms with Crippen LogP contribution in [0.1, 0.15) is 25.0 Å². The van der Waals surface area contributed by atoms with E-state index in [-0.39, 0.29) is 4.75 Å². The smallest absolute Gasteiger partial charge is 0.118 e. The first-order chi connectivity index (χ1) is 12.2. The highest BCUT2D eigenvalue weighted by molar-refractivity contribution is 8.00. The highest BCUT2D eigenvalue weighted by Crippen LogP contribution is 2.49. The molecule has 2 aromatic carbocycles. The lowest BCUT2D eigenvalue weighted by Crippen LogP contribution is -2.26. The van der Waals surface area contributed by atoms with Gasteiger partial charge in [0.15, 0.2) is 0 Å². The van der Waals surface area contributed by atoms with Crippen molar-refractivity contribution < 1.29 is 4.74 Å². The van der Waals surface area contributed by atoms with Crippen molar-refractivity contribution >= 4 is 11.8 Å². The molecule has 2 aromatic rings. The maximum absolute atomic E-state index is 5.35. The molecule has 25 heavy (non-hydrogen) atoms. The Bertz CT molecular complexity index is 728. The third-order valence-electron chi connectivity index (χ3n) is 4.09. The topological polar surface area (TPSA) is 9.23 Å². The van der Waals surface area contributed by atoms with Crippen LogP contribution in [0.15, 0.2) is 91.1 Å². The van der Waals surface area contributed by atoms with Crippen LogP contribution in [-0.4, -0.2) is 12.9 Å². The number of hydrogen-bond donors (Lipinski definition) is 0. The van der Waals surface area contributed by atoms with Crippen molar-refractivity contribution in [1.29, 1.82) is 0 Å². The summed E-state index contributed by atoms with van der Waals surface area (Å²) in [5.74, 6) is 1.86. The van der Waals surface area contributed by atoms with Crippen molar-refractivity contribution in [3.05, 3.63) is 102 Å². The summed E-state index contributed by atoms with van der Waals surface area (Å²) in [4.78, 5) is 0. The van der Waals surface area contributed by atoms with E-state index in [0.717, 1.165) is 11.5 Å². The van der Waals surface area contributed by atoms with E-state index >= 15 is 0 Å². The zero-order valence-electron chi connectivity index (χ0n) is 15.2. The number of ether oxygens (including phenoxy) is 1. The minimum Gasteiger partial charge on any atom is -0.497 e. The predicted octanol–water partition coefficient (Wildman–Crippen LogP) is 6.38. The second-order valence-electron chi connectivity index (χ2n) is 5.57. The van der Waals surface area contributed by atoms with Gasteiger partial charge in [0.25, 0.3) is 0 Å². The number of benzene rings is 2. The van der Waals surface area contributed by atoms with E-state index in [1.54, 1.807) is 7.11 Å². The van der Waals surface area contributed by atoms with E-state index in [1.165, 1.54) is 16.7 Å². The third kappa shape index (κ3) is 4.08. The van der Waals surface area contributed by atoms with Crippen LogP contribution in [0.25, 0.3) is 0 Å². The molecule has 0 saturated heterocycles. The van der Waals surface area contributed by atoms with E-state index in [4.69, 9.17) is 4.74 Å². The molecule has 0 radical (unpaired) electrons. The quantitative estimate of drug-likeness (QED) is 0.511. The van der Waals surface area contributed by atoms with E-state index in [0.29, 0.717) is 0 Å². The fraction of sp³-hybridized carbons (Fsp3) is 0.217. The number of allylic oxidation sites excluding steroid dienone is 4. The Balaban J connectivity index is 2.78. The van der Waals surface area contributed by atoms with Gasteiger partial charge in [-0.05, 0) is 41.5 Å². The lowest BCUT2D eigenvalue weighted by Gasteiger charge is -2.36. The first-order valence-corrected chi connectivity index (χ1v) is 9.51. The lowest BCUT2D eigenvalue weighted by atomic mass is 9.83. The molecular weight excluding hydrogens is 324 g/mol. The standard InChI is InChI=1S/C23H26OS/c1-5-11-19(12-6-2)23(25-7-3,20-13-9-8-10-14-20)21-15-17-22(24-4)18-16-21/h5-6,8-18H,1,7H2,2-4H3/b12-6-,19-11+. The van der Waals surface area contributed by atoms with Crippen LogP contribution in [0.2, 0.25) is 0 Å². The normalized spacial score (nSPS) is 14.3. The third-order valence-corrected chi connectivity index (χ3v) is 5.52. The van der Waals surface area contributed by atoms with Crippen LogP contribution in [0.4, 0.5) is 0 Å². The van der Waals surface area contributed by atoms with Crippen molar-refractivity contribution in [1.82, 2.24) is 0 Å². The number of rotatable bonds is 8. The Hall–Kier alpha value is -2.19. The van der Waals surface area contributed by atoms with Crippen molar-refractivity contribution in [2.45, 2.75) is 18.6 Å². The van der Waals surface area contributed by atoms with Gasteiger partial charge in [-0.15, -0.1) is 11.8 Å². The maximum atomic E-state index is 5.35. The summed E-state index contributed by atoms with van der Waals surface area (Å²) in [5.41, 5.74) is 3.71. The fourth-order valence-corrected chi connectivity index (χ4v) is 4.40. The van der Waals surface area contributed by atoms with Crippen molar-refractivity contribution in [2.24, 2.45) is 0 Å². The van der Waals surface area contributed by atoms with Gasteiger partial charge in [-0.25, -0.2) is 0 Å². The Morgan fingerprint density at radius 3 is 2.24 bits per heavy atom. The van der Waals surface area contributed by atoms with Crippen LogP contribution in [-0.2, 0) is 4.75 Å². The average molecular weight is 351 g/mol. The largest absolute Gasteiger partial charge is 0.497 e. The van der Waals surface area contributed by atoms with Crippen molar-refractivity contribution in [3.63, 3.8) is 0 Å². The van der Waals surface area contributed by atoms with Gasteiger partial charge in [-0.2, -0.15) is 0 Å². The maximum Gasteiger partial charge on any atom is 0.118 e. The van der Waals surface area contributed by atoms with Gasteiger partial charge < -0.3 is 4.74 Å². The van der Waals surface area contributed by atoms with Crippen LogP contribution >= 0.6 is 11.8 Å². The Labute approximate surface area is 156 Å². The van der Waals surface area contributed by atoms with E-state index in [9.17, 15) is 0 Å². The molecule has 1 atom stereocenters. The molecule has 1 unspecified atom stereocenters. The molecule has 0 fully saturated rings. The van der Waals surface area contributed by atoms with Crippen LogP contribution in [0.5, 0.6) is 5.75 Å². The molecule has 2 heteroatoms. The van der Waals surface area contributed by atoms with E-state index < -0.39 is 0 Å². The average Bonchev–Trinajstić information content (AvgIpc) is 2.67. The first kappa shape index (κ1) is 19.1. The molecule has 0 spiro atoms. The van der Waals surface area contributed by atoms with Crippen molar-refractivity contribution in [3.8, 4) is 5.75 Å². The monoisotopic (exact) mass is 350 g/mol. The number of thioether (sulfide) groups is 1. The summed E-state index contributed by atoms with van der Waals surface area (Å²) in [6.07, 6.45) is 8.25. The summed E-state index contributed by atoms with van der Waals surface area (Å²) < 4.78 is 5.06. The van der Waals surface area contributed by atoms with Crippen LogP contribution < -0.4 is 4.74 Å². The lowest BCUT2D eigenvalue weighted by molar-refractivity contribution is 0.414. The Morgan fingerprint density at radius 2 is 1.72 bits per heavy atom. The summed E-state index contributed by atoms with van der Waals surface area (Å²) >= 11 is 1.92. The van der Waals surface area contributed by atoms with Gasteiger partial charge in [0.1, 0.15) is 5.75 Å². The molecule has 0 heterocycles. The molecule has 0 saturated carbocycles. The van der Waals surface area contributed by atoms with Crippen LogP contribution in [0, 0.1) is 0 Å². The second-order valence-corrected chi connectivity index (χ2v) is 7.04. The molecule has 0 aliphatic rings. The van der Waals surface area contributed by atoms with Gasteiger partial charge in [0, 0.05) is 0 Å². The van der Waals surface area contributed by atoms with Crippen LogP contribution in [0.3, 0.4) is 0 Å². The van der Waals surface area contributed by atoms with E-state index in [1.807, 2.05) is 30.0 Å². The first-order valence-electron chi connectivity index (χ1n) is 8.52. The molecule has 2 rings (SSSR count). The van der Waals surface area contributed by atoms with Crippen molar-refractivity contribution in [2.75, 3.05) is 12.9 Å². The second kappa shape index (κ2) is 9.33. The highest BCUT2D eigenvalue weighted by Gasteiger charge is 2.37.